The Morgan fingerprint density at radius 3 is 2.55 bits per heavy atom. The van der Waals surface area contributed by atoms with Gasteiger partial charge < -0.3 is 16.3 Å². The standard InChI is InChI=1S/C15H16FN3O/c16-14-8-12(15(17)19-20)6-7-13(14)10-18-9-11-4-2-1-3-5-11/h1-8,18,20H,9-10H2,(H2,17,19). The number of oxime groups is 1. The maximum Gasteiger partial charge on any atom is 0.170 e. The highest BCUT2D eigenvalue weighted by molar-refractivity contribution is 5.97. The third-order valence-corrected chi connectivity index (χ3v) is 2.94. The fraction of sp³-hybridized carbons (Fsp3) is 0.133. The molecule has 0 radical (unpaired) electrons. The Morgan fingerprint density at radius 2 is 1.90 bits per heavy atom. The SMILES string of the molecule is NC(=NO)c1ccc(CNCc2ccccc2)c(F)c1. The third kappa shape index (κ3) is 3.55. The molecule has 0 fully saturated rings. The molecule has 104 valence electrons. The van der Waals surface area contributed by atoms with Crippen molar-refractivity contribution in [1.29, 1.82) is 0 Å². The van der Waals surface area contributed by atoms with Crippen molar-refractivity contribution in [3.05, 3.63) is 71.0 Å². The van der Waals surface area contributed by atoms with Crippen molar-refractivity contribution in [3.63, 3.8) is 0 Å². The summed E-state index contributed by atoms with van der Waals surface area (Å²) in [6.07, 6.45) is 0. The van der Waals surface area contributed by atoms with Crippen LogP contribution in [0.5, 0.6) is 0 Å². The summed E-state index contributed by atoms with van der Waals surface area (Å²) in [6.45, 7) is 1.08. The summed E-state index contributed by atoms with van der Waals surface area (Å²) in [7, 11) is 0. The van der Waals surface area contributed by atoms with E-state index in [4.69, 9.17) is 10.9 Å². The number of nitrogens with one attached hydrogen (secondary N) is 1. The van der Waals surface area contributed by atoms with Gasteiger partial charge in [-0.25, -0.2) is 4.39 Å². The van der Waals surface area contributed by atoms with E-state index >= 15 is 0 Å². The monoisotopic (exact) mass is 273 g/mol. The van der Waals surface area contributed by atoms with Gasteiger partial charge in [0.2, 0.25) is 0 Å². The predicted molar refractivity (Wildman–Crippen MR) is 75.9 cm³/mol. The normalized spacial score (nSPS) is 11.6. The van der Waals surface area contributed by atoms with Crippen LogP contribution in [-0.2, 0) is 13.1 Å². The summed E-state index contributed by atoms with van der Waals surface area (Å²) < 4.78 is 13.8. The van der Waals surface area contributed by atoms with Crippen molar-refractivity contribution in [2.75, 3.05) is 0 Å². The van der Waals surface area contributed by atoms with Gasteiger partial charge in [0.25, 0.3) is 0 Å². The van der Waals surface area contributed by atoms with E-state index in [9.17, 15) is 4.39 Å². The van der Waals surface area contributed by atoms with Gasteiger partial charge in [-0.15, -0.1) is 0 Å². The first kappa shape index (κ1) is 14.0. The fourth-order valence-electron chi connectivity index (χ4n) is 1.85. The molecule has 0 aliphatic rings. The maximum atomic E-state index is 13.8. The lowest BCUT2D eigenvalue weighted by Gasteiger charge is -2.07. The molecule has 0 atom stereocenters. The largest absolute Gasteiger partial charge is 0.409 e. The van der Waals surface area contributed by atoms with E-state index in [-0.39, 0.29) is 11.7 Å². The zero-order valence-electron chi connectivity index (χ0n) is 10.9. The van der Waals surface area contributed by atoms with Crippen LogP contribution in [0.1, 0.15) is 16.7 Å². The molecule has 5 heteroatoms. The van der Waals surface area contributed by atoms with Gasteiger partial charge in [0.05, 0.1) is 0 Å². The first-order valence-corrected chi connectivity index (χ1v) is 6.21. The lowest BCUT2D eigenvalue weighted by atomic mass is 10.1. The van der Waals surface area contributed by atoms with Crippen LogP contribution in [0.2, 0.25) is 0 Å². The summed E-state index contributed by atoms with van der Waals surface area (Å²) in [6, 6.07) is 14.4. The molecule has 0 aliphatic carbocycles. The smallest absolute Gasteiger partial charge is 0.170 e. The number of benzene rings is 2. The summed E-state index contributed by atoms with van der Waals surface area (Å²) in [5, 5.41) is 14.6. The van der Waals surface area contributed by atoms with E-state index < -0.39 is 0 Å². The number of hydrogen-bond acceptors (Lipinski definition) is 3. The first-order chi connectivity index (χ1) is 9.70. The average molecular weight is 273 g/mol. The summed E-state index contributed by atoms with van der Waals surface area (Å²) in [5.41, 5.74) is 7.44. The molecular formula is C15H16FN3O. The van der Waals surface area contributed by atoms with E-state index in [1.807, 2.05) is 30.3 Å². The molecule has 0 aliphatic heterocycles. The Bertz CT molecular complexity index is 599. The van der Waals surface area contributed by atoms with Gasteiger partial charge in [-0.2, -0.15) is 0 Å². The van der Waals surface area contributed by atoms with Gasteiger partial charge in [0.15, 0.2) is 5.84 Å². The first-order valence-electron chi connectivity index (χ1n) is 6.21. The minimum Gasteiger partial charge on any atom is -0.409 e. The second-order valence-corrected chi connectivity index (χ2v) is 4.38. The second kappa shape index (κ2) is 6.68. The fourth-order valence-corrected chi connectivity index (χ4v) is 1.85. The molecule has 20 heavy (non-hydrogen) atoms. The minimum absolute atomic E-state index is 0.104. The Balaban J connectivity index is 1.97. The zero-order chi connectivity index (χ0) is 14.4. The number of rotatable bonds is 5. The number of halogens is 1. The second-order valence-electron chi connectivity index (χ2n) is 4.38. The molecule has 0 saturated heterocycles. The quantitative estimate of drug-likeness (QED) is 0.338. The molecular weight excluding hydrogens is 257 g/mol. The van der Waals surface area contributed by atoms with E-state index in [2.05, 4.69) is 10.5 Å². The van der Waals surface area contributed by atoms with Gasteiger partial charge in [-0.3, -0.25) is 0 Å². The molecule has 0 bridgehead atoms. The highest BCUT2D eigenvalue weighted by Gasteiger charge is 2.06. The van der Waals surface area contributed by atoms with Crippen LogP contribution in [0.15, 0.2) is 53.7 Å². The molecule has 2 rings (SSSR count). The molecule has 4 nitrogen and oxygen atoms in total. The molecule has 0 unspecified atom stereocenters. The van der Waals surface area contributed by atoms with Crippen LogP contribution >= 0.6 is 0 Å². The number of nitrogens with two attached hydrogens (primary N) is 1. The van der Waals surface area contributed by atoms with Gasteiger partial charge in [-0.05, 0) is 11.6 Å². The van der Waals surface area contributed by atoms with E-state index in [0.717, 1.165) is 5.56 Å². The number of hydrogen-bond donors (Lipinski definition) is 3. The van der Waals surface area contributed by atoms with Gasteiger partial charge in [-0.1, -0.05) is 47.6 Å². The minimum atomic E-state index is -0.380. The Labute approximate surface area is 116 Å². The van der Waals surface area contributed by atoms with Gasteiger partial charge >= 0.3 is 0 Å². The summed E-state index contributed by atoms with van der Waals surface area (Å²) >= 11 is 0. The van der Waals surface area contributed by atoms with Gasteiger partial charge in [0.1, 0.15) is 5.82 Å². The van der Waals surface area contributed by atoms with Crippen molar-refractivity contribution >= 4 is 5.84 Å². The lowest BCUT2D eigenvalue weighted by molar-refractivity contribution is 0.318. The molecule has 0 saturated carbocycles. The van der Waals surface area contributed by atoms with Crippen LogP contribution in [0.3, 0.4) is 0 Å². The molecule has 0 aromatic heterocycles. The Hall–Kier alpha value is -2.40. The summed E-state index contributed by atoms with van der Waals surface area (Å²) in [4.78, 5) is 0. The number of amidine groups is 1. The molecule has 0 heterocycles. The predicted octanol–water partition coefficient (Wildman–Crippen LogP) is 2.21. The van der Waals surface area contributed by atoms with Crippen LogP contribution in [0, 0.1) is 5.82 Å². The third-order valence-electron chi connectivity index (χ3n) is 2.94. The number of nitrogens with zero attached hydrogens (tertiary/aromatic N) is 1. The van der Waals surface area contributed by atoms with E-state index in [0.29, 0.717) is 24.2 Å². The van der Waals surface area contributed by atoms with Crippen LogP contribution in [-0.4, -0.2) is 11.0 Å². The van der Waals surface area contributed by atoms with Crippen molar-refractivity contribution in [3.8, 4) is 0 Å². The van der Waals surface area contributed by atoms with Crippen molar-refractivity contribution in [2.45, 2.75) is 13.1 Å². The maximum absolute atomic E-state index is 13.8. The molecule has 2 aromatic rings. The lowest BCUT2D eigenvalue weighted by Crippen LogP contribution is -2.16. The Morgan fingerprint density at radius 1 is 1.15 bits per heavy atom. The van der Waals surface area contributed by atoms with Crippen molar-refractivity contribution in [2.24, 2.45) is 10.9 Å². The average Bonchev–Trinajstić information content (AvgIpc) is 2.49. The highest BCUT2D eigenvalue weighted by atomic mass is 19.1. The topological polar surface area (TPSA) is 70.6 Å². The van der Waals surface area contributed by atoms with Crippen LogP contribution in [0.4, 0.5) is 4.39 Å². The van der Waals surface area contributed by atoms with Crippen molar-refractivity contribution < 1.29 is 9.60 Å². The summed E-state index contributed by atoms with van der Waals surface area (Å²) in [5.74, 6) is -0.484. The zero-order valence-corrected chi connectivity index (χ0v) is 10.9. The van der Waals surface area contributed by atoms with E-state index in [1.165, 1.54) is 6.07 Å². The molecule has 0 spiro atoms. The van der Waals surface area contributed by atoms with E-state index in [1.54, 1.807) is 12.1 Å². The Kier molecular flexibility index (Phi) is 4.68. The van der Waals surface area contributed by atoms with Gasteiger partial charge in [0, 0.05) is 24.2 Å². The molecule has 4 N–H and O–H groups in total. The van der Waals surface area contributed by atoms with Crippen LogP contribution < -0.4 is 11.1 Å². The van der Waals surface area contributed by atoms with Crippen LogP contribution in [0.25, 0.3) is 0 Å². The highest BCUT2D eigenvalue weighted by Crippen LogP contribution is 2.10. The molecule has 2 aromatic carbocycles. The van der Waals surface area contributed by atoms with Crippen molar-refractivity contribution in [1.82, 2.24) is 5.32 Å². The molecule has 0 amide bonds.